The average Bonchev–Trinajstić information content (AvgIpc) is 3.29. The van der Waals surface area contributed by atoms with Crippen LogP contribution in [0.25, 0.3) is 0 Å². The molecular weight excluding hydrogens is 937 g/mol. The summed E-state index contributed by atoms with van der Waals surface area (Å²) in [7, 11) is 2.01. The number of benzene rings is 3. The van der Waals surface area contributed by atoms with Gasteiger partial charge in [0.1, 0.15) is 28.9 Å². The van der Waals surface area contributed by atoms with Gasteiger partial charge in [0.05, 0.1) is 49.1 Å². The largest absolute Gasteiger partial charge is 0.496 e. The lowest BCUT2D eigenvalue weighted by atomic mass is 9.88. The third kappa shape index (κ3) is 8.38. The number of rotatable bonds is 17. The van der Waals surface area contributed by atoms with E-state index in [2.05, 4.69) is 0 Å². The van der Waals surface area contributed by atoms with Gasteiger partial charge in [-0.25, -0.2) is 4.90 Å². The molecule has 358 valence electrons. The molecule has 1 atom stereocenters. The SMILES string of the molecule is COc1cc(OCCCC(F)(F)C(F)(F)C(F)(F)C(F)(F)C(F)(F)C(F)(F)C(F)(F)C(F)(F)F)cc(OC)c1CN1C(=O)c2ccccc2N(C(=O)c2ccccc2[N+](=O)[O-])C(=O)C1C. The van der Waals surface area contributed by atoms with Crippen LogP contribution in [0.1, 0.15) is 46.0 Å². The maximum atomic E-state index is 14.5. The van der Waals surface area contributed by atoms with Gasteiger partial charge in [-0.3, -0.25) is 24.5 Å². The standard InChI is InChI=1S/C37H28F17N3O8/c1-18-27(58)56(29(60)21-10-5-7-12-24(21)57(61)62)23-11-6-4-9-20(23)28(59)55(18)17-22-25(63-2)15-19(16-26(22)64-3)65-14-8-13-30(38,39)31(40,41)32(42,43)33(44,45)34(46,47)35(48,49)36(50,51)37(52,53)54/h4-7,9-12,15-16,18H,8,13-14,17H2,1-3H3. The molecule has 0 saturated carbocycles. The van der Waals surface area contributed by atoms with Gasteiger partial charge in [0.25, 0.3) is 23.4 Å². The molecule has 0 spiro atoms. The second kappa shape index (κ2) is 17.4. The van der Waals surface area contributed by atoms with Crippen molar-refractivity contribution in [2.45, 2.75) is 80.0 Å². The zero-order chi connectivity index (χ0) is 49.7. The fraction of sp³-hybridized carbons (Fsp3) is 0.432. The smallest absolute Gasteiger partial charge is 0.460 e. The van der Waals surface area contributed by atoms with Crippen molar-refractivity contribution in [3.8, 4) is 17.2 Å². The molecule has 11 nitrogen and oxygen atoms in total. The summed E-state index contributed by atoms with van der Waals surface area (Å²) in [5.74, 6) is -61.5. The Morgan fingerprint density at radius 3 is 1.69 bits per heavy atom. The third-order valence-corrected chi connectivity index (χ3v) is 9.82. The second-order valence-corrected chi connectivity index (χ2v) is 13.8. The van der Waals surface area contributed by atoms with Gasteiger partial charge in [-0.1, -0.05) is 24.3 Å². The molecule has 0 fully saturated rings. The van der Waals surface area contributed by atoms with Crippen molar-refractivity contribution in [3.63, 3.8) is 0 Å². The molecule has 0 saturated heterocycles. The summed E-state index contributed by atoms with van der Waals surface area (Å²) in [6.07, 6.45) is -12.2. The molecule has 1 unspecified atom stereocenters. The van der Waals surface area contributed by atoms with Crippen LogP contribution in [-0.4, -0.2) is 102 Å². The van der Waals surface area contributed by atoms with Crippen LogP contribution in [-0.2, 0) is 11.3 Å². The van der Waals surface area contributed by atoms with Crippen LogP contribution in [0.5, 0.6) is 17.2 Å². The van der Waals surface area contributed by atoms with Crippen molar-refractivity contribution in [2.75, 3.05) is 25.7 Å². The number of nitro groups is 1. The minimum atomic E-state index is -8.75. The first-order valence-corrected chi connectivity index (χ1v) is 17.7. The summed E-state index contributed by atoms with van der Waals surface area (Å²) in [5, 5.41) is 11.7. The lowest BCUT2D eigenvalue weighted by Crippen LogP contribution is -2.74. The van der Waals surface area contributed by atoms with Gasteiger partial charge in [-0.2, -0.15) is 74.6 Å². The van der Waals surface area contributed by atoms with Gasteiger partial charge < -0.3 is 19.1 Å². The number of nitro benzene ring substituents is 1. The van der Waals surface area contributed by atoms with Crippen LogP contribution >= 0.6 is 0 Å². The second-order valence-electron chi connectivity index (χ2n) is 13.8. The number of methoxy groups -OCH3 is 2. The number of para-hydroxylation sites is 2. The third-order valence-electron chi connectivity index (χ3n) is 9.82. The number of carbonyl (C=O) groups is 3. The van der Waals surface area contributed by atoms with Crippen LogP contribution in [0.4, 0.5) is 86.0 Å². The van der Waals surface area contributed by atoms with Crippen molar-refractivity contribution in [1.29, 1.82) is 0 Å². The molecule has 0 N–H and O–H groups in total. The molecule has 3 amide bonds. The quantitative estimate of drug-likeness (QED) is 0.0430. The fourth-order valence-corrected chi connectivity index (χ4v) is 6.18. The van der Waals surface area contributed by atoms with Crippen molar-refractivity contribution in [2.24, 2.45) is 0 Å². The molecule has 0 bridgehead atoms. The van der Waals surface area contributed by atoms with Gasteiger partial charge >= 0.3 is 47.6 Å². The lowest BCUT2D eigenvalue weighted by molar-refractivity contribution is -0.461. The van der Waals surface area contributed by atoms with Gasteiger partial charge in [0.15, 0.2) is 0 Å². The Labute approximate surface area is 352 Å². The number of fused-ring (bicyclic) bond motifs is 1. The van der Waals surface area contributed by atoms with E-state index in [1.165, 1.54) is 43.3 Å². The predicted molar refractivity (Wildman–Crippen MR) is 186 cm³/mol. The van der Waals surface area contributed by atoms with Crippen molar-refractivity contribution in [1.82, 2.24) is 4.90 Å². The number of nitrogens with zero attached hydrogens (tertiary/aromatic N) is 3. The highest BCUT2D eigenvalue weighted by Gasteiger charge is 2.95. The summed E-state index contributed by atoms with van der Waals surface area (Å²) >= 11 is 0. The van der Waals surface area contributed by atoms with Gasteiger partial charge in [0, 0.05) is 24.6 Å². The monoisotopic (exact) mass is 965 g/mol. The lowest BCUT2D eigenvalue weighted by Gasteiger charge is -2.42. The summed E-state index contributed by atoms with van der Waals surface area (Å²) in [4.78, 5) is 54.1. The number of halogens is 17. The number of imide groups is 1. The van der Waals surface area contributed by atoms with Crippen molar-refractivity contribution >= 4 is 29.1 Å². The highest BCUT2D eigenvalue weighted by molar-refractivity contribution is 6.27. The maximum Gasteiger partial charge on any atom is 0.460 e. The van der Waals surface area contributed by atoms with E-state index in [-0.39, 0.29) is 28.3 Å². The Balaban J connectivity index is 1.58. The zero-order valence-electron chi connectivity index (χ0n) is 32.7. The molecule has 3 aromatic carbocycles. The minimum absolute atomic E-state index is 0.101. The summed E-state index contributed by atoms with van der Waals surface area (Å²) in [6, 6.07) is 10.0. The number of ether oxygens (including phenoxy) is 3. The minimum Gasteiger partial charge on any atom is -0.496 e. The number of amides is 3. The number of alkyl halides is 17. The summed E-state index contributed by atoms with van der Waals surface area (Å²) in [6.45, 7) is -0.730. The van der Waals surface area contributed by atoms with E-state index < -0.39 is 119 Å². The van der Waals surface area contributed by atoms with Gasteiger partial charge in [0.2, 0.25) is 0 Å². The molecule has 0 radical (unpaired) electrons. The molecule has 1 heterocycles. The van der Waals surface area contributed by atoms with E-state index in [4.69, 9.17) is 14.2 Å². The Morgan fingerprint density at radius 2 is 1.18 bits per heavy atom. The van der Waals surface area contributed by atoms with E-state index in [9.17, 15) is 99.1 Å². The van der Waals surface area contributed by atoms with Crippen LogP contribution in [0, 0.1) is 10.1 Å². The fourth-order valence-electron chi connectivity index (χ4n) is 6.18. The molecule has 1 aliphatic heterocycles. The normalized spacial score (nSPS) is 16.0. The zero-order valence-corrected chi connectivity index (χ0v) is 32.7. The number of hydrogen-bond acceptors (Lipinski definition) is 8. The molecule has 4 rings (SSSR count). The Hall–Kier alpha value is -6.12. The van der Waals surface area contributed by atoms with E-state index in [1.807, 2.05) is 0 Å². The first-order valence-electron chi connectivity index (χ1n) is 17.7. The van der Waals surface area contributed by atoms with Crippen LogP contribution < -0.4 is 19.1 Å². The molecular formula is C37H28F17N3O8. The maximum absolute atomic E-state index is 14.5. The molecule has 0 aliphatic carbocycles. The van der Waals surface area contributed by atoms with E-state index in [1.54, 1.807) is 0 Å². The Morgan fingerprint density at radius 1 is 0.708 bits per heavy atom. The Bertz CT molecular complexity index is 2300. The highest BCUT2D eigenvalue weighted by Crippen LogP contribution is 2.64. The van der Waals surface area contributed by atoms with Gasteiger partial charge in [-0.05, 0) is 31.5 Å². The molecule has 0 aromatic heterocycles. The first kappa shape index (κ1) is 51.5. The highest BCUT2D eigenvalue weighted by atomic mass is 19.4. The average molecular weight is 966 g/mol. The number of carbonyl (C=O) groups excluding carboxylic acids is 3. The Kier molecular flexibility index (Phi) is 13.8. The number of anilines is 1. The molecule has 1 aliphatic rings. The van der Waals surface area contributed by atoms with Crippen LogP contribution in [0.2, 0.25) is 0 Å². The summed E-state index contributed by atoms with van der Waals surface area (Å²) in [5.41, 5.74) is -1.82. The van der Waals surface area contributed by atoms with E-state index in [0.29, 0.717) is 4.90 Å². The van der Waals surface area contributed by atoms with Crippen molar-refractivity contribution in [3.05, 3.63) is 87.5 Å². The van der Waals surface area contributed by atoms with Crippen LogP contribution in [0.15, 0.2) is 60.7 Å². The molecule has 28 heteroatoms. The first-order chi connectivity index (χ1) is 29.6. The summed E-state index contributed by atoms with van der Waals surface area (Å²) < 4.78 is 248. The number of hydrogen-bond donors (Lipinski definition) is 0. The van der Waals surface area contributed by atoms with Gasteiger partial charge in [-0.15, -0.1) is 0 Å². The van der Waals surface area contributed by atoms with Crippen LogP contribution in [0.3, 0.4) is 0 Å². The molecule has 65 heavy (non-hydrogen) atoms. The van der Waals surface area contributed by atoms with Crippen molar-refractivity contribution < 1.29 is 108 Å². The predicted octanol–water partition coefficient (Wildman–Crippen LogP) is 10.00. The topological polar surface area (TPSA) is 129 Å². The van der Waals surface area contributed by atoms with E-state index in [0.717, 1.165) is 43.4 Å². The van der Waals surface area contributed by atoms with E-state index >= 15 is 0 Å². The molecule has 3 aromatic rings.